The first-order valence-corrected chi connectivity index (χ1v) is 11.1. The smallest absolute Gasteiger partial charge is 0.267 e. The molecule has 0 radical (unpaired) electrons. The summed E-state index contributed by atoms with van der Waals surface area (Å²) in [7, 11) is 0. The van der Waals surface area contributed by atoms with Gasteiger partial charge >= 0.3 is 0 Å². The monoisotopic (exact) mass is 463 g/mol. The molecule has 0 saturated carbocycles. The van der Waals surface area contributed by atoms with Gasteiger partial charge in [0, 0.05) is 19.2 Å². The molecule has 0 fully saturated rings. The number of amidine groups is 1. The first-order chi connectivity index (χ1) is 15.0. The van der Waals surface area contributed by atoms with Crippen molar-refractivity contribution in [2.24, 2.45) is 4.99 Å². The van der Waals surface area contributed by atoms with Gasteiger partial charge in [0.1, 0.15) is 16.5 Å². The average molecular weight is 464 g/mol. The summed E-state index contributed by atoms with van der Waals surface area (Å²) in [4.78, 5) is 21.9. The summed E-state index contributed by atoms with van der Waals surface area (Å²) in [6, 6.07) is 5.47. The van der Waals surface area contributed by atoms with Crippen LogP contribution in [0.2, 0.25) is 5.02 Å². The molecule has 0 saturated heterocycles. The molecule has 0 spiro atoms. The number of amides is 1. The Morgan fingerprint density at radius 3 is 2.97 bits per heavy atom. The van der Waals surface area contributed by atoms with Gasteiger partial charge < -0.3 is 31.7 Å². The summed E-state index contributed by atoms with van der Waals surface area (Å²) >= 11 is 7.44. The van der Waals surface area contributed by atoms with Crippen LogP contribution in [0.5, 0.6) is 0 Å². The van der Waals surface area contributed by atoms with E-state index in [4.69, 9.17) is 16.7 Å². The lowest BCUT2D eigenvalue weighted by molar-refractivity contribution is 0.103. The van der Waals surface area contributed by atoms with Crippen molar-refractivity contribution in [3.8, 4) is 0 Å². The summed E-state index contributed by atoms with van der Waals surface area (Å²) in [5, 5.41) is 25.5. The molecule has 1 aromatic carbocycles. The number of aliphatic imine (C=N–C) groups is 1. The third-order valence-electron chi connectivity index (χ3n) is 4.31. The fourth-order valence-electron chi connectivity index (χ4n) is 2.85. The van der Waals surface area contributed by atoms with E-state index in [1.165, 1.54) is 17.5 Å². The number of benzene rings is 1. The minimum atomic E-state index is -0.264. The van der Waals surface area contributed by atoms with Crippen LogP contribution >= 0.6 is 22.9 Å². The molecule has 11 heteroatoms. The van der Waals surface area contributed by atoms with Gasteiger partial charge in [-0.1, -0.05) is 35.1 Å². The van der Waals surface area contributed by atoms with Crippen LogP contribution < -0.4 is 26.6 Å². The average Bonchev–Trinajstić information content (AvgIpc) is 3.19. The van der Waals surface area contributed by atoms with Crippen molar-refractivity contribution in [3.05, 3.63) is 51.8 Å². The van der Waals surface area contributed by atoms with E-state index in [1.807, 2.05) is 32.1 Å². The predicted octanol–water partition coefficient (Wildman–Crippen LogP) is 2.13. The number of para-hydroxylation sites is 1. The lowest BCUT2D eigenvalue weighted by Gasteiger charge is -2.25. The molecule has 6 N–H and O–H groups in total. The van der Waals surface area contributed by atoms with Crippen LogP contribution in [0.15, 0.2) is 41.3 Å². The fraction of sp³-hybridized carbons (Fsp3) is 0.350. The molecule has 0 bridgehead atoms. The van der Waals surface area contributed by atoms with Gasteiger partial charge in [0.2, 0.25) is 0 Å². The van der Waals surface area contributed by atoms with Gasteiger partial charge in [-0.05, 0) is 25.5 Å². The van der Waals surface area contributed by atoms with E-state index < -0.39 is 0 Å². The normalized spacial score (nSPS) is 17.0. The largest absolute Gasteiger partial charge is 0.395 e. The van der Waals surface area contributed by atoms with Crippen molar-refractivity contribution >= 4 is 45.5 Å². The lowest BCUT2D eigenvalue weighted by atomic mass is 10.2. The van der Waals surface area contributed by atoms with E-state index in [0.717, 1.165) is 17.2 Å². The molecule has 2 aromatic rings. The highest BCUT2D eigenvalue weighted by molar-refractivity contribution is 7.17. The highest BCUT2D eigenvalue weighted by Crippen LogP contribution is 2.27. The van der Waals surface area contributed by atoms with E-state index in [9.17, 15) is 4.79 Å². The number of anilines is 2. The van der Waals surface area contributed by atoms with Crippen molar-refractivity contribution in [1.29, 1.82) is 0 Å². The van der Waals surface area contributed by atoms with E-state index in [1.54, 1.807) is 6.07 Å². The quantitative estimate of drug-likeness (QED) is 0.315. The number of nitrogens with zero attached hydrogens (tertiary/aromatic N) is 2. The van der Waals surface area contributed by atoms with Crippen LogP contribution in [-0.4, -0.2) is 54.2 Å². The van der Waals surface area contributed by atoms with Gasteiger partial charge in [-0.15, -0.1) is 0 Å². The number of rotatable bonds is 9. The van der Waals surface area contributed by atoms with Gasteiger partial charge in [-0.3, -0.25) is 9.79 Å². The fourth-order valence-corrected chi connectivity index (χ4v) is 3.84. The molecule has 166 valence electrons. The second-order valence-electron chi connectivity index (χ2n) is 6.85. The van der Waals surface area contributed by atoms with E-state index in [0.29, 0.717) is 40.4 Å². The van der Waals surface area contributed by atoms with Crippen LogP contribution in [0.25, 0.3) is 0 Å². The second-order valence-corrected chi connectivity index (χ2v) is 8.29. The summed E-state index contributed by atoms with van der Waals surface area (Å²) in [6.07, 6.45) is 3.35. The Balaban J connectivity index is 1.62. The SMILES string of the molecule is Cc1cccc(Cl)c1NC(=O)c1cnc(NC2=CC(=NCCNCCO)NC(C)N2)s1. The molecule has 1 atom stereocenters. The van der Waals surface area contributed by atoms with E-state index >= 15 is 0 Å². The summed E-state index contributed by atoms with van der Waals surface area (Å²) in [5.41, 5.74) is 1.49. The number of carbonyl (C=O) groups excluding carboxylic acids is 1. The van der Waals surface area contributed by atoms with Gasteiger partial charge in [0.05, 0.1) is 36.2 Å². The van der Waals surface area contributed by atoms with Gasteiger partial charge in [0.15, 0.2) is 5.13 Å². The number of aliphatic hydroxyl groups excluding tert-OH is 1. The number of hydrogen-bond acceptors (Lipinski definition) is 8. The number of aryl methyl sites for hydroxylation is 1. The molecule has 1 amide bonds. The summed E-state index contributed by atoms with van der Waals surface area (Å²) < 4.78 is 0. The van der Waals surface area contributed by atoms with Crippen LogP contribution in [0.3, 0.4) is 0 Å². The third-order valence-corrected chi connectivity index (χ3v) is 5.53. The van der Waals surface area contributed by atoms with Crippen molar-refractivity contribution in [2.45, 2.75) is 20.0 Å². The van der Waals surface area contributed by atoms with Crippen molar-refractivity contribution < 1.29 is 9.90 Å². The zero-order chi connectivity index (χ0) is 22.2. The first-order valence-electron chi connectivity index (χ1n) is 9.86. The summed E-state index contributed by atoms with van der Waals surface area (Å²) in [6.45, 7) is 5.78. The minimum Gasteiger partial charge on any atom is -0.395 e. The Bertz CT molecular complexity index is 956. The molecule has 31 heavy (non-hydrogen) atoms. The van der Waals surface area contributed by atoms with Crippen molar-refractivity contribution in [1.82, 2.24) is 20.9 Å². The number of carbonyl (C=O) groups is 1. The predicted molar refractivity (Wildman–Crippen MR) is 126 cm³/mol. The molecule has 0 aliphatic carbocycles. The van der Waals surface area contributed by atoms with Gasteiger partial charge in [-0.2, -0.15) is 0 Å². The Labute approximate surface area is 190 Å². The molecule has 3 rings (SSSR count). The number of aromatic nitrogens is 1. The molecule has 1 aliphatic heterocycles. The van der Waals surface area contributed by atoms with Crippen LogP contribution in [0, 0.1) is 6.92 Å². The zero-order valence-electron chi connectivity index (χ0n) is 17.3. The van der Waals surface area contributed by atoms with Gasteiger partial charge in [-0.25, -0.2) is 4.98 Å². The second kappa shape index (κ2) is 11.1. The molecule has 1 aliphatic rings. The topological polar surface area (TPSA) is 123 Å². The number of aliphatic hydroxyl groups is 1. The number of nitrogens with one attached hydrogen (secondary N) is 5. The van der Waals surface area contributed by atoms with Crippen LogP contribution in [-0.2, 0) is 0 Å². The molecule has 9 nitrogen and oxygen atoms in total. The van der Waals surface area contributed by atoms with Crippen molar-refractivity contribution in [3.63, 3.8) is 0 Å². The summed E-state index contributed by atoms with van der Waals surface area (Å²) in [5.74, 6) is 1.21. The maximum atomic E-state index is 12.6. The number of thiazole rings is 1. The highest BCUT2D eigenvalue weighted by Gasteiger charge is 2.17. The molecule has 1 unspecified atom stereocenters. The molecule has 2 heterocycles. The molecular formula is C20H26ClN7O2S. The Morgan fingerprint density at radius 1 is 1.35 bits per heavy atom. The highest BCUT2D eigenvalue weighted by atomic mass is 35.5. The minimum absolute atomic E-state index is 0.0254. The first kappa shape index (κ1) is 23.0. The van der Waals surface area contributed by atoms with Crippen LogP contribution in [0.4, 0.5) is 10.8 Å². The van der Waals surface area contributed by atoms with Crippen molar-refractivity contribution in [2.75, 3.05) is 36.9 Å². The van der Waals surface area contributed by atoms with E-state index in [-0.39, 0.29) is 18.7 Å². The van der Waals surface area contributed by atoms with Gasteiger partial charge in [0.25, 0.3) is 5.91 Å². The third kappa shape index (κ3) is 6.66. The maximum Gasteiger partial charge on any atom is 0.267 e. The number of halogens is 1. The number of hydrogen-bond donors (Lipinski definition) is 6. The standard InChI is InChI=1S/C20H26ClN7O2S/c1-12-4-3-5-14(21)18(12)28-19(30)15-11-24-20(31-15)27-17-10-16(25-13(2)26-17)23-7-6-22-8-9-29/h3-5,10-11,13,22,26,29H,6-9H2,1-2H3,(H,23,25)(H,24,27)(H,28,30). The van der Waals surface area contributed by atoms with E-state index in [2.05, 4.69) is 36.6 Å². The molecule has 1 aromatic heterocycles. The molecular weight excluding hydrogens is 438 g/mol. The Hall–Kier alpha value is -2.66. The maximum absolute atomic E-state index is 12.6. The zero-order valence-corrected chi connectivity index (χ0v) is 18.9. The Kier molecular flexibility index (Phi) is 8.24. The lowest BCUT2D eigenvalue weighted by Crippen LogP contribution is -2.48. The van der Waals surface area contributed by atoms with Crippen LogP contribution in [0.1, 0.15) is 22.2 Å². The Morgan fingerprint density at radius 2 is 2.19 bits per heavy atom.